The Balaban J connectivity index is 0.00000117. The lowest BCUT2D eigenvalue weighted by atomic mass is 9.73. The van der Waals surface area contributed by atoms with Gasteiger partial charge in [0.15, 0.2) is 5.54 Å². The van der Waals surface area contributed by atoms with Crippen LogP contribution in [0.1, 0.15) is 57.1 Å². The van der Waals surface area contributed by atoms with Crippen LogP contribution >= 0.6 is 0 Å². The van der Waals surface area contributed by atoms with Crippen molar-refractivity contribution in [3.8, 4) is 5.75 Å². The summed E-state index contributed by atoms with van der Waals surface area (Å²) in [4.78, 5) is 13.3. The van der Waals surface area contributed by atoms with Crippen LogP contribution in [0.4, 0.5) is 5.69 Å². The van der Waals surface area contributed by atoms with E-state index in [2.05, 4.69) is 17.8 Å². The number of carbonyl (C=O) groups is 1. The number of anilines is 1. The molecule has 2 fully saturated rings. The molecular weight excluding hydrogens is 326 g/mol. The summed E-state index contributed by atoms with van der Waals surface area (Å²) < 4.78 is 5.99. The number of nitrogens with zero attached hydrogens (tertiary/aromatic N) is 1. The molecule has 5 nitrogen and oxygen atoms in total. The molecule has 3 rings (SSSR count). The topological polar surface area (TPSA) is 50.4 Å². The molecule has 5 heteroatoms. The number of quaternary nitrogens is 1. The molecule has 1 heterocycles. The monoisotopic (exact) mass is 362 g/mol. The Morgan fingerprint density at radius 1 is 1.15 bits per heavy atom. The van der Waals surface area contributed by atoms with Gasteiger partial charge in [-0.05, 0) is 56.4 Å². The zero-order valence-electron chi connectivity index (χ0n) is 17.4. The normalized spacial score (nSPS) is 23.9. The maximum atomic E-state index is 13.3. The average Bonchev–Trinajstić information content (AvgIpc) is 2.59. The highest BCUT2D eigenvalue weighted by atomic mass is 16.5. The van der Waals surface area contributed by atoms with Gasteiger partial charge in [-0.15, -0.1) is 0 Å². The van der Waals surface area contributed by atoms with E-state index in [1.807, 2.05) is 39.8 Å². The minimum atomic E-state index is -0.334. The molecule has 1 aliphatic carbocycles. The number of hydrogen-bond acceptors (Lipinski definition) is 3. The molecule has 1 amide bonds. The molecule has 0 spiro atoms. The third kappa shape index (κ3) is 3.60. The van der Waals surface area contributed by atoms with Crippen LogP contribution in [0, 0.1) is 13.8 Å². The summed E-state index contributed by atoms with van der Waals surface area (Å²) in [5, 5.41) is 3.24. The molecule has 26 heavy (non-hydrogen) atoms. The summed E-state index contributed by atoms with van der Waals surface area (Å²) in [6.07, 6.45) is 5.41. The molecule has 1 aromatic carbocycles. The van der Waals surface area contributed by atoms with Crippen LogP contribution in [0.3, 0.4) is 0 Å². The summed E-state index contributed by atoms with van der Waals surface area (Å²) in [7, 11) is 3.86. The molecule has 146 valence electrons. The number of hydrogen-bond donors (Lipinski definition) is 2. The quantitative estimate of drug-likeness (QED) is 0.798. The van der Waals surface area contributed by atoms with Crippen LogP contribution in [0.2, 0.25) is 0 Å². The second-order valence-electron chi connectivity index (χ2n) is 7.51. The highest BCUT2D eigenvalue weighted by Gasteiger charge is 2.59. The lowest BCUT2D eigenvalue weighted by Gasteiger charge is -2.54. The Bertz CT molecular complexity index is 609. The van der Waals surface area contributed by atoms with Crippen molar-refractivity contribution in [3.05, 3.63) is 23.3 Å². The first-order valence-electron chi connectivity index (χ1n) is 9.99. The highest BCUT2D eigenvalue weighted by molar-refractivity contribution is 5.99. The van der Waals surface area contributed by atoms with Crippen molar-refractivity contribution in [2.75, 3.05) is 32.6 Å². The lowest BCUT2D eigenvalue weighted by molar-refractivity contribution is -0.998. The van der Waals surface area contributed by atoms with E-state index in [9.17, 15) is 4.79 Å². The predicted octanol–water partition coefficient (Wildman–Crippen LogP) is 3.94. The standard InChI is InChI=1S/C19H29N3O2.C2H6/c1-14-12-16(24-4)13-15(2)17(14)21-18(23)19(8-7-9-19)22(3)11-6-5-10-20-22;1-2/h12-13,20H,5-11H2,1-4H3;1-2H3/p+1. The van der Waals surface area contributed by atoms with Crippen molar-refractivity contribution in [3.63, 3.8) is 0 Å². The number of amides is 1. The van der Waals surface area contributed by atoms with E-state index >= 15 is 0 Å². The van der Waals surface area contributed by atoms with Gasteiger partial charge in [0.1, 0.15) is 5.75 Å². The van der Waals surface area contributed by atoms with Gasteiger partial charge in [0, 0.05) is 25.1 Å². The fourth-order valence-corrected chi connectivity index (χ4v) is 4.25. The van der Waals surface area contributed by atoms with E-state index < -0.39 is 0 Å². The fraction of sp³-hybridized carbons (Fsp3) is 0.667. The number of nitrogens with one attached hydrogen (secondary N) is 2. The van der Waals surface area contributed by atoms with E-state index in [1.54, 1.807) is 7.11 Å². The van der Waals surface area contributed by atoms with Gasteiger partial charge in [-0.1, -0.05) is 13.8 Å². The van der Waals surface area contributed by atoms with Crippen molar-refractivity contribution in [2.24, 2.45) is 0 Å². The summed E-state index contributed by atoms with van der Waals surface area (Å²) in [5.41, 5.74) is 6.29. The van der Waals surface area contributed by atoms with E-state index in [-0.39, 0.29) is 11.4 Å². The Labute approximate surface area is 158 Å². The van der Waals surface area contributed by atoms with Crippen molar-refractivity contribution < 1.29 is 14.1 Å². The summed E-state index contributed by atoms with van der Waals surface area (Å²) in [6, 6.07) is 3.96. The molecule has 1 saturated heterocycles. The molecule has 2 N–H and O–H groups in total. The number of methoxy groups -OCH3 is 1. The van der Waals surface area contributed by atoms with E-state index in [1.165, 1.54) is 12.8 Å². The Morgan fingerprint density at radius 3 is 2.19 bits per heavy atom. The van der Waals surface area contributed by atoms with Crippen molar-refractivity contribution in [1.82, 2.24) is 5.43 Å². The Hall–Kier alpha value is -1.59. The first-order valence-corrected chi connectivity index (χ1v) is 9.99. The third-order valence-corrected chi connectivity index (χ3v) is 6.02. The predicted molar refractivity (Wildman–Crippen MR) is 107 cm³/mol. The van der Waals surface area contributed by atoms with E-state index in [4.69, 9.17) is 4.74 Å². The smallest absolute Gasteiger partial charge is 0.287 e. The average molecular weight is 363 g/mol. The Kier molecular flexibility index (Phi) is 6.69. The van der Waals surface area contributed by atoms with Gasteiger partial charge in [-0.3, -0.25) is 4.79 Å². The minimum absolute atomic E-state index is 0.155. The molecule has 1 atom stereocenters. The highest BCUT2D eigenvalue weighted by Crippen LogP contribution is 2.43. The molecule has 1 aromatic rings. The molecular formula is C21H36N3O2+. The van der Waals surface area contributed by atoms with Crippen LogP contribution < -0.4 is 15.5 Å². The van der Waals surface area contributed by atoms with Gasteiger partial charge in [0.25, 0.3) is 5.91 Å². The van der Waals surface area contributed by atoms with Gasteiger partial charge in [-0.25, -0.2) is 4.59 Å². The first kappa shape index (κ1) is 20.7. The molecule has 1 unspecified atom stereocenters. The van der Waals surface area contributed by atoms with Crippen molar-refractivity contribution in [2.45, 2.75) is 65.3 Å². The number of rotatable bonds is 4. The molecule has 0 aromatic heterocycles. The van der Waals surface area contributed by atoms with Crippen LogP contribution in [-0.2, 0) is 4.79 Å². The summed E-state index contributed by atoms with van der Waals surface area (Å²) in [6.45, 7) is 10.1. The second kappa shape index (κ2) is 8.40. The number of likely N-dealkylation sites (N-methyl/N-ethyl adjacent to an activating group) is 1. The number of aryl methyl sites for hydroxylation is 2. The molecule has 1 aliphatic heterocycles. The first-order chi connectivity index (χ1) is 12.4. The van der Waals surface area contributed by atoms with Crippen molar-refractivity contribution >= 4 is 11.6 Å². The zero-order valence-corrected chi connectivity index (χ0v) is 17.4. The molecule has 1 saturated carbocycles. The van der Waals surface area contributed by atoms with E-state index in [0.717, 1.165) is 54.9 Å². The van der Waals surface area contributed by atoms with Gasteiger partial charge in [0.2, 0.25) is 0 Å². The summed E-state index contributed by atoms with van der Waals surface area (Å²) >= 11 is 0. The van der Waals surface area contributed by atoms with E-state index in [0.29, 0.717) is 4.59 Å². The third-order valence-electron chi connectivity index (χ3n) is 6.02. The van der Waals surface area contributed by atoms with Gasteiger partial charge < -0.3 is 10.1 Å². The number of benzene rings is 1. The van der Waals surface area contributed by atoms with Gasteiger partial charge >= 0.3 is 0 Å². The lowest BCUT2D eigenvalue weighted by Crippen LogP contribution is -2.77. The molecule has 2 aliphatic rings. The van der Waals surface area contributed by atoms with Crippen molar-refractivity contribution in [1.29, 1.82) is 0 Å². The maximum absolute atomic E-state index is 13.3. The molecule has 0 bridgehead atoms. The zero-order chi connectivity index (χ0) is 19.4. The maximum Gasteiger partial charge on any atom is 0.287 e. The fourth-order valence-electron chi connectivity index (χ4n) is 4.25. The largest absolute Gasteiger partial charge is 0.497 e. The number of ether oxygens (including phenoxy) is 1. The van der Waals surface area contributed by atoms with Crippen LogP contribution in [0.5, 0.6) is 5.75 Å². The van der Waals surface area contributed by atoms with Gasteiger partial charge in [-0.2, -0.15) is 5.43 Å². The number of carbonyl (C=O) groups excluding carboxylic acids is 1. The van der Waals surface area contributed by atoms with Crippen LogP contribution in [-0.4, -0.2) is 43.3 Å². The van der Waals surface area contributed by atoms with Crippen LogP contribution in [0.15, 0.2) is 12.1 Å². The SMILES string of the molecule is CC.COc1cc(C)c(NC(=O)C2([N+]3(C)CCCCN3)CCC2)c(C)c1. The summed E-state index contributed by atoms with van der Waals surface area (Å²) in [5.74, 6) is 0.986. The molecule has 0 radical (unpaired) electrons. The minimum Gasteiger partial charge on any atom is -0.497 e. The van der Waals surface area contributed by atoms with Crippen LogP contribution in [0.25, 0.3) is 0 Å². The second-order valence-corrected chi connectivity index (χ2v) is 7.51. The Morgan fingerprint density at radius 2 is 1.77 bits per heavy atom. The van der Waals surface area contributed by atoms with Gasteiger partial charge in [0.05, 0.1) is 20.7 Å².